The number of aromatic nitrogens is 2. The van der Waals surface area contributed by atoms with E-state index < -0.39 is 0 Å². The minimum absolute atomic E-state index is 0.249. The number of nitrogens with two attached hydrogens (primary N) is 1. The molecule has 0 bridgehead atoms. The Kier molecular flexibility index (Phi) is 2.93. The van der Waals surface area contributed by atoms with Crippen molar-refractivity contribution in [3.8, 4) is 10.6 Å². The molecule has 1 heterocycles. The van der Waals surface area contributed by atoms with Crippen LogP contribution in [0.1, 0.15) is 17.7 Å². The van der Waals surface area contributed by atoms with E-state index in [9.17, 15) is 0 Å². The average Bonchev–Trinajstić information content (AvgIpc) is 2.65. The van der Waals surface area contributed by atoms with Crippen molar-refractivity contribution in [2.45, 2.75) is 12.2 Å². The van der Waals surface area contributed by atoms with Crippen molar-refractivity contribution in [2.75, 3.05) is 5.73 Å². The largest absolute Gasteiger partial charge is 0.367 e. The Morgan fingerprint density at radius 3 is 2.47 bits per heavy atom. The first-order valence-corrected chi connectivity index (χ1v) is 5.83. The second kappa shape index (κ2) is 4.20. The van der Waals surface area contributed by atoms with Crippen LogP contribution in [0, 0.1) is 0 Å². The van der Waals surface area contributed by atoms with Gasteiger partial charge in [0, 0.05) is 10.8 Å². The second-order valence-electron chi connectivity index (χ2n) is 3.26. The first kappa shape index (κ1) is 10.4. The highest BCUT2D eigenvalue weighted by Crippen LogP contribution is 2.25. The van der Waals surface area contributed by atoms with Crippen LogP contribution in [0.2, 0.25) is 0 Å². The van der Waals surface area contributed by atoms with E-state index in [1.807, 2.05) is 31.2 Å². The number of rotatable bonds is 2. The van der Waals surface area contributed by atoms with Crippen LogP contribution in [-0.4, -0.2) is 9.36 Å². The fourth-order valence-electron chi connectivity index (χ4n) is 1.26. The SMILES string of the molecule is CC(S)c1ccc(-c2nc(N)ns2)cc1. The number of hydrogen-bond acceptors (Lipinski definition) is 5. The molecule has 0 aliphatic carbocycles. The van der Waals surface area contributed by atoms with Gasteiger partial charge in [0.2, 0.25) is 5.95 Å². The van der Waals surface area contributed by atoms with Crippen molar-refractivity contribution in [1.82, 2.24) is 9.36 Å². The van der Waals surface area contributed by atoms with Gasteiger partial charge in [-0.1, -0.05) is 24.3 Å². The highest BCUT2D eigenvalue weighted by Gasteiger charge is 2.05. The molecule has 5 heteroatoms. The molecule has 1 aromatic carbocycles. The Morgan fingerprint density at radius 1 is 1.33 bits per heavy atom. The van der Waals surface area contributed by atoms with Crippen LogP contribution >= 0.6 is 24.2 Å². The van der Waals surface area contributed by atoms with E-state index in [0.717, 1.165) is 10.6 Å². The van der Waals surface area contributed by atoms with Gasteiger partial charge in [-0.25, -0.2) is 0 Å². The smallest absolute Gasteiger partial charge is 0.232 e. The third-order valence-electron chi connectivity index (χ3n) is 2.08. The van der Waals surface area contributed by atoms with Gasteiger partial charge in [-0.3, -0.25) is 0 Å². The lowest BCUT2D eigenvalue weighted by atomic mass is 10.1. The molecule has 2 rings (SSSR count). The van der Waals surface area contributed by atoms with Gasteiger partial charge >= 0.3 is 0 Å². The Labute approximate surface area is 97.9 Å². The van der Waals surface area contributed by atoms with Crippen molar-refractivity contribution in [3.05, 3.63) is 29.8 Å². The summed E-state index contributed by atoms with van der Waals surface area (Å²) in [6, 6.07) is 8.12. The summed E-state index contributed by atoms with van der Waals surface area (Å²) in [5.74, 6) is 0.335. The lowest BCUT2D eigenvalue weighted by Crippen LogP contribution is -1.86. The maximum atomic E-state index is 5.47. The molecule has 0 radical (unpaired) electrons. The van der Waals surface area contributed by atoms with Gasteiger partial charge in [0.15, 0.2) is 0 Å². The minimum atomic E-state index is 0.249. The summed E-state index contributed by atoms with van der Waals surface area (Å²) >= 11 is 5.68. The van der Waals surface area contributed by atoms with E-state index in [-0.39, 0.29) is 5.25 Å². The maximum absolute atomic E-state index is 5.47. The first-order valence-electron chi connectivity index (χ1n) is 4.54. The predicted molar refractivity (Wildman–Crippen MR) is 67.2 cm³/mol. The zero-order valence-corrected chi connectivity index (χ0v) is 9.92. The molecule has 0 fully saturated rings. The van der Waals surface area contributed by atoms with Crippen molar-refractivity contribution < 1.29 is 0 Å². The highest BCUT2D eigenvalue weighted by molar-refractivity contribution is 7.80. The third kappa shape index (κ3) is 2.30. The van der Waals surface area contributed by atoms with E-state index in [4.69, 9.17) is 5.73 Å². The summed E-state index contributed by atoms with van der Waals surface area (Å²) in [5.41, 5.74) is 7.71. The number of thiol groups is 1. The van der Waals surface area contributed by atoms with Crippen LogP contribution in [0.15, 0.2) is 24.3 Å². The Balaban J connectivity index is 2.31. The zero-order chi connectivity index (χ0) is 10.8. The predicted octanol–water partition coefficient (Wildman–Crippen LogP) is 2.78. The lowest BCUT2D eigenvalue weighted by Gasteiger charge is -2.04. The van der Waals surface area contributed by atoms with Crippen LogP contribution in [-0.2, 0) is 0 Å². The maximum Gasteiger partial charge on any atom is 0.232 e. The lowest BCUT2D eigenvalue weighted by molar-refractivity contribution is 1.11. The molecule has 1 atom stereocenters. The van der Waals surface area contributed by atoms with E-state index in [1.165, 1.54) is 17.1 Å². The Hall–Kier alpha value is -1.07. The number of nitrogens with zero attached hydrogens (tertiary/aromatic N) is 2. The molecule has 2 aromatic rings. The van der Waals surface area contributed by atoms with Gasteiger partial charge in [-0.2, -0.15) is 22.0 Å². The molecular weight excluding hydrogens is 226 g/mol. The van der Waals surface area contributed by atoms with Crippen molar-refractivity contribution >= 4 is 30.1 Å². The third-order valence-corrected chi connectivity index (χ3v) is 3.16. The first-order chi connectivity index (χ1) is 7.16. The molecule has 0 aliphatic rings. The number of nitrogen functional groups attached to an aromatic ring is 1. The molecule has 78 valence electrons. The molecule has 1 aromatic heterocycles. The zero-order valence-electron chi connectivity index (χ0n) is 8.21. The normalized spacial score (nSPS) is 12.7. The summed E-state index contributed by atoms with van der Waals surface area (Å²) in [4.78, 5) is 4.12. The summed E-state index contributed by atoms with van der Waals surface area (Å²) in [5, 5.41) is 1.10. The number of hydrogen-bond donors (Lipinski definition) is 2. The molecule has 0 saturated carbocycles. The van der Waals surface area contributed by atoms with Crippen molar-refractivity contribution in [3.63, 3.8) is 0 Å². The monoisotopic (exact) mass is 237 g/mol. The number of anilines is 1. The summed E-state index contributed by atoms with van der Waals surface area (Å²) in [7, 11) is 0. The van der Waals surface area contributed by atoms with Crippen LogP contribution in [0.3, 0.4) is 0 Å². The molecule has 0 amide bonds. The molecular formula is C10H11N3S2. The summed E-state index contributed by atoms with van der Waals surface area (Å²) in [6.07, 6.45) is 0. The van der Waals surface area contributed by atoms with Crippen molar-refractivity contribution in [1.29, 1.82) is 0 Å². The van der Waals surface area contributed by atoms with Gasteiger partial charge in [-0.15, -0.1) is 0 Å². The van der Waals surface area contributed by atoms with Gasteiger partial charge in [0.05, 0.1) is 0 Å². The van der Waals surface area contributed by atoms with E-state index in [1.54, 1.807) is 0 Å². The minimum Gasteiger partial charge on any atom is -0.367 e. The fraction of sp³-hybridized carbons (Fsp3) is 0.200. The van der Waals surface area contributed by atoms with E-state index in [0.29, 0.717) is 5.95 Å². The van der Waals surface area contributed by atoms with Crippen molar-refractivity contribution in [2.24, 2.45) is 0 Å². The summed E-state index contributed by atoms with van der Waals surface area (Å²) < 4.78 is 3.94. The van der Waals surface area contributed by atoms with Gasteiger partial charge in [-0.05, 0) is 24.0 Å². The average molecular weight is 237 g/mol. The molecule has 0 saturated heterocycles. The van der Waals surface area contributed by atoms with Gasteiger partial charge in [0.25, 0.3) is 0 Å². The van der Waals surface area contributed by atoms with Crippen LogP contribution < -0.4 is 5.73 Å². The van der Waals surface area contributed by atoms with Crippen LogP contribution in [0.5, 0.6) is 0 Å². The quantitative estimate of drug-likeness (QED) is 0.790. The Morgan fingerprint density at radius 2 is 2.00 bits per heavy atom. The topological polar surface area (TPSA) is 51.8 Å². The van der Waals surface area contributed by atoms with Crippen LogP contribution in [0.25, 0.3) is 10.6 Å². The van der Waals surface area contributed by atoms with Gasteiger partial charge < -0.3 is 5.73 Å². The highest BCUT2D eigenvalue weighted by atomic mass is 32.1. The molecule has 0 aliphatic heterocycles. The van der Waals surface area contributed by atoms with E-state index >= 15 is 0 Å². The standard InChI is InChI=1S/C10H11N3S2/c1-6(14)7-2-4-8(5-3-7)9-12-10(11)13-15-9/h2-6,14H,1H3,(H2,11,13). The van der Waals surface area contributed by atoms with E-state index in [2.05, 4.69) is 22.0 Å². The second-order valence-corrected chi connectivity index (χ2v) is 4.78. The molecule has 0 spiro atoms. The molecule has 2 N–H and O–H groups in total. The van der Waals surface area contributed by atoms with Crippen LogP contribution in [0.4, 0.5) is 5.95 Å². The fourth-order valence-corrected chi connectivity index (χ4v) is 2.03. The molecule has 1 unspecified atom stereocenters. The Bertz CT molecular complexity index is 448. The molecule has 3 nitrogen and oxygen atoms in total. The molecule has 15 heavy (non-hydrogen) atoms. The number of benzene rings is 1. The summed E-state index contributed by atoms with van der Waals surface area (Å²) in [6.45, 7) is 2.04. The van der Waals surface area contributed by atoms with Gasteiger partial charge in [0.1, 0.15) is 5.01 Å².